The highest BCUT2D eigenvalue weighted by atomic mass is 35.5. The van der Waals surface area contributed by atoms with Crippen molar-refractivity contribution < 1.29 is 9.53 Å². The Morgan fingerprint density at radius 1 is 0.969 bits per heavy atom. The minimum atomic E-state index is -0.192. The molecule has 4 aliphatic carbocycles. The summed E-state index contributed by atoms with van der Waals surface area (Å²) in [5.74, 6) is 4.95. The first kappa shape index (κ1) is 24.9. The predicted molar refractivity (Wildman–Crippen MR) is 134 cm³/mol. The summed E-state index contributed by atoms with van der Waals surface area (Å²) >= 11 is 7.46. The maximum Gasteiger partial charge on any atom is 0.302 e. The molecular formula is C29H49ClO2. The van der Waals surface area contributed by atoms with Crippen LogP contribution < -0.4 is 0 Å². The molecule has 0 aromatic heterocycles. The molecule has 184 valence electrons. The van der Waals surface area contributed by atoms with E-state index in [1.807, 2.05) is 0 Å². The second-order valence-corrected chi connectivity index (χ2v) is 14.0. The van der Waals surface area contributed by atoms with Gasteiger partial charge >= 0.3 is 5.97 Å². The number of hydrogen-bond acceptors (Lipinski definition) is 2. The van der Waals surface area contributed by atoms with Gasteiger partial charge in [-0.25, -0.2) is 0 Å². The van der Waals surface area contributed by atoms with Crippen molar-refractivity contribution in [1.29, 1.82) is 0 Å². The Hall–Kier alpha value is -0.240. The molecule has 4 saturated carbocycles. The molecule has 32 heavy (non-hydrogen) atoms. The molecular weight excluding hydrogens is 416 g/mol. The van der Waals surface area contributed by atoms with E-state index in [2.05, 4.69) is 34.6 Å². The molecule has 0 aromatic rings. The lowest BCUT2D eigenvalue weighted by atomic mass is 9.44. The zero-order chi connectivity index (χ0) is 23.3. The number of esters is 1. The average Bonchev–Trinajstić information content (AvgIpc) is 3.05. The smallest absolute Gasteiger partial charge is 0.302 e. The van der Waals surface area contributed by atoms with Gasteiger partial charge in [-0.1, -0.05) is 53.9 Å². The number of hydrogen-bond donors (Lipinski definition) is 0. The van der Waals surface area contributed by atoms with Crippen molar-refractivity contribution in [2.24, 2.45) is 46.3 Å². The van der Waals surface area contributed by atoms with Crippen LogP contribution in [0.25, 0.3) is 0 Å². The van der Waals surface area contributed by atoms with Crippen molar-refractivity contribution >= 4 is 17.6 Å². The molecule has 4 fully saturated rings. The molecule has 0 N–H and O–H groups in total. The van der Waals surface area contributed by atoms with Gasteiger partial charge in [-0.2, -0.15) is 0 Å². The predicted octanol–water partition coefficient (Wildman–Crippen LogP) is 8.40. The van der Waals surface area contributed by atoms with Crippen LogP contribution in [0.3, 0.4) is 0 Å². The molecule has 4 aliphatic rings. The van der Waals surface area contributed by atoms with Gasteiger partial charge in [-0.3, -0.25) is 4.79 Å². The van der Waals surface area contributed by atoms with E-state index in [9.17, 15) is 4.79 Å². The van der Waals surface area contributed by atoms with Crippen LogP contribution in [0.2, 0.25) is 0 Å². The third-order valence-electron chi connectivity index (χ3n) is 11.2. The van der Waals surface area contributed by atoms with Crippen LogP contribution in [0, 0.1) is 46.3 Å². The van der Waals surface area contributed by atoms with Crippen molar-refractivity contribution in [3.05, 3.63) is 0 Å². The minimum absolute atomic E-state index is 0.0195. The van der Waals surface area contributed by atoms with Crippen molar-refractivity contribution in [2.45, 2.75) is 130 Å². The molecule has 3 heteroatoms. The summed E-state index contributed by atoms with van der Waals surface area (Å²) in [6.45, 7) is 14.0. The fraction of sp³-hybridized carbons (Fsp3) is 0.966. The molecule has 0 amide bonds. The summed E-state index contributed by atoms with van der Waals surface area (Å²) in [7, 11) is 0. The molecule has 0 aliphatic heterocycles. The minimum Gasteiger partial charge on any atom is -0.462 e. The number of ether oxygens (including phenoxy) is 1. The van der Waals surface area contributed by atoms with E-state index < -0.39 is 0 Å². The molecule has 0 unspecified atom stereocenters. The van der Waals surface area contributed by atoms with Crippen molar-refractivity contribution in [1.82, 2.24) is 0 Å². The van der Waals surface area contributed by atoms with E-state index in [1.54, 1.807) is 0 Å². The summed E-state index contributed by atoms with van der Waals surface area (Å²) in [6, 6.07) is 0. The van der Waals surface area contributed by atoms with E-state index >= 15 is 0 Å². The molecule has 0 radical (unpaired) electrons. The monoisotopic (exact) mass is 464 g/mol. The second-order valence-electron chi connectivity index (χ2n) is 13.3. The van der Waals surface area contributed by atoms with Gasteiger partial charge in [0, 0.05) is 13.3 Å². The Bertz CT molecular complexity index is 691. The Labute approximate surface area is 203 Å². The topological polar surface area (TPSA) is 26.3 Å². The van der Waals surface area contributed by atoms with Crippen molar-refractivity contribution in [2.75, 3.05) is 0 Å². The van der Waals surface area contributed by atoms with Crippen molar-refractivity contribution in [3.63, 3.8) is 0 Å². The van der Waals surface area contributed by atoms with Gasteiger partial charge in [0.05, 0.1) is 4.87 Å². The molecule has 0 spiro atoms. The number of fused-ring (bicyclic) bond motifs is 5. The third-order valence-corrected chi connectivity index (χ3v) is 12.0. The van der Waals surface area contributed by atoms with Crippen LogP contribution in [0.15, 0.2) is 0 Å². The number of carbonyl (C=O) groups is 1. The maximum atomic E-state index is 11.6. The summed E-state index contributed by atoms with van der Waals surface area (Å²) in [6.07, 6.45) is 15.2. The molecule has 0 saturated heterocycles. The largest absolute Gasteiger partial charge is 0.462 e. The Morgan fingerprint density at radius 2 is 1.72 bits per heavy atom. The number of halogens is 1. The van der Waals surface area contributed by atoms with Gasteiger partial charge in [0.15, 0.2) is 0 Å². The van der Waals surface area contributed by atoms with Crippen LogP contribution in [-0.2, 0) is 9.53 Å². The van der Waals surface area contributed by atoms with Gasteiger partial charge in [-0.15, -0.1) is 11.6 Å². The van der Waals surface area contributed by atoms with E-state index in [4.69, 9.17) is 16.3 Å². The number of alkyl halides is 1. The Morgan fingerprint density at radius 3 is 2.41 bits per heavy atom. The molecule has 9 atom stereocenters. The standard InChI is InChI=1S/C29H49ClO2/c1-19(2)8-7-9-20(3)24-10-11-25-23-13-17-29(30)18-22(32-21(4)31)12-16-28(29,6)26(23)14-15-27(24,25)5/h19-20,22-26H,7-18H2,1-6H3/t20-,22+,23+,24-,25+,26+,27-,28-,29-/m1/s1. The van der Waals surface area contributed by atoms with E-state index in [1.165, 1.54) is 58.3 Å². The maximum absolute atomic E-state index is 11.6. The zero-order valence-corrected chi connectivity index (χ0v) is 22.5. The van der Waals surface area contributed by atoms with Crippen LogP contribution in [0.4, 0.5) is 0 Å². The van der Waals surface area contributed by atoms with Crippen LogP contribution in [0.5, 0.6) is 0 Å². The van der Waals surface area contributed by atoms with E-state index in [0.29, 0.717) is 5.41 Å². The van der Waals surface area contributed by atoms with E-state index in [0.717, 1.165) is 61.2 Å². The SMILES string of the molecule is CC(=O)O[C@H]1CC[C@]2(C)[C@H]3CC[C@]4(C)[C@@H]([C@H](C)CCCC(C)C)CC[C@H]4[C@@H]3CC[C@@]2(Cl)C1. The highest BCUT2D eigenvalue weighted by molar-refractivity contribution is 6.24. The summed E-state index contributed by atoms with van der Waals surface area (Å²) in [4.78, 5) is 11.4. The average molecular weight is 465 g/mol. The first-order valence-electron chi connectivity index (χ1n) is 13.9. The lowest BCUT2D eigenvalue weighted by Crippen LogP contribution is -2.60. The highest BCUT2D eigenvalue weighted by Crippen LogP contribution is 2.70. The summed E-state index contributed by atoms with van der Waals surface area (Å²) < 4.78 is 5.64. The van der Waals surface area contributed by atoms with Crippen molar-refractivity contribution in [3.8, 4) is 0 Å². The first-order valence-corrected chi connectivity index (χ1v) is 14.2. The van der Waals surface area contributed by atoms with Gasteiger partial charge in [0.25, 0.3) is 0 Å². The van der Waals surface area contributed by atoms with Gasteiger partial charge < -0.3 is 4.74 Å². The third kappa shape index (κ3) is 4.18. The van der Waals surface area contributed by atoms with Crippen LogP contribution >= 0.6 is 11.6 Å². The zero-order valence-electron chi connectivity index (χ0n) is 21.7. The van der Waals surface area contributed by atoms with Gasteiger partial charge in [-0.05, 0) is 97.7 Å². The highest BCUT2D eigenvalue weighted by Gasteiger charge is 2.64. The van der Waals surface area contributed by atoms with Gasteiger partial charge in [0.2, 0.25) is 0 Å². The number of carbonyl (C=O) groups excluding carboxylic acids is 1. The normalized spacial score (nSPS) is 46.8. The fourth-order valence-corrected chi connectivity index (χ4v) is 10.0. The second kappa shape index (κ2) is 9.09. The van der Waals surface area contributed by atoms with Gasteiger partial charge in [0.1, 0.15) is 6.10 Å². The summed E-state index contributed by atoms with van der Waals surface area (Å²) in [5.41, 5.74) is 0.729. The fourth-order valence-electron chi connectivity index (χ4n) is 9.52. The lowest BCUT2D eigenvalue weighted by molar-refractivity contribution is -0.157. The van der Waals surface area contributed by atoms with Crippen LogP contribution in [-0.4, -0.2) is 16.9 Å². The molecule has 4 rings (SSSR count). The Kier molecular flexibility index (Phi) is 7.06. The Balaban J connectivity index is 1.47. The molecule has 0 heterocycles. The first-order chi connectivity index (χ1) is 15.0. The molecule has 0 aromatic carbocycles. The lowest BCUT2D eigenvalue weighted by Gasteiger charge is -2.64. The quantitative estimate of drug-likeness (QED) is 0.291. The number of rotatable bonds is 6. The van der Waals surface area contributed by atoms with Crippen LogP contribution in [0.1, 0.15) is 119 Å². The summed E-state index contributed by atoms with van der Waals surface area (Å²) in [5, 5.41) is 0. The van der Waals surface area contributed by atoms with E-state index in [-0.39, 0.29) is 22.4 Å². The molecule has 2 nitrogen and oxygen atoms in total. The molecule has 0 bridgehead atoms.